The summed E-state index contributed by atoms with van der Waals surface area (Å²) in [5, 5.41) is 11.6. The Morgan fingerprint density at radius 1 is 1.10 bits per heavy atom. The van der Waals surface area contributed by atoms with Crippen molar-refractivity contribution in [3.8, 4) is 11.5 Å². The molecule has 0 aromatic heterocycles. The molecule has 0 saturated heterocycles. The van der Waals surface area contributed by atoms with Crippen LogP contribution in [0.5, 0.6) is 11.5 Å². The van der Waals surface area contributed by atoms with Crippen LogP contribution in [0.2, 0.25) is 0 Å². The van der Waals surface area contributed by atoms with Crippen LogP contribution in [0.15, 0.2) is 30.3 Å². The van der Waals surface area contributed by atoms with Crippen molar-refractivity contribution in [2.45, 2.75) is 40.0 Å². The van der Waals surface area contributed by atoms with Gasteiger partial charge in [0.1, 0.15) is 11.5 Å². The van der Waals surface area contributed by atoms with E-state index in [0.29, 0.717) is 11.5 Å². The van der Waals surface area contributed by atoms with Crippen molar-refractivity contribution in [2.24, 2.45) is 0 Å². The largest absolute Gasteiger partial charge is 0.482 e. The fourth-order valence-corrected chi connectivity index (χ4v) is 3.22. The molecule has 0 aliphatic heterocycles. The third-order valence-corrected chi connectivity index (χ3v) is 4.65. The maximum absolute atomic E-state index is 11.8. The summed E-state index contributed by atoms with van der Waals surface area (Å²) in [6, 6.07) is 9.64. The third kappa shape index (κ3) is 6.32. The zero-order chi connectivity index (χ0) is 21.6. The molecule has 0 amide bonds. The summed E-state index contributed by atoms with van der Waals surface area (Å²) in [5.74, 6) is 0.0453. The quantitative estimate of drug-likeness (QED) is 0.495. The number of carbonyl (C=O) groups excluding carboxylic acids is 1. The molecule has 0 bridgehead atoms. The first-order valence-electron chi connectivity index (χ1n) is 9.64. The minimum atomic E-state index is -0.999. The molecule has 0 radical (unpaired) electrons. The van der Waals surface area contributed by atoms with Crippen LogP contribution in [0.4, 0.5) is 0 Å². The van der Waals surface area contributed by atoms with Gasteiger partial charge in [0.15, 0.2) is 6.61 Å². The van der Waals surface area contributed by atoms with E-state index in [-0.39, 0.29) is 25.0 Å². The number of nitrogens with one attached hydrogen (secondary N) is 1. The summed E-state index contributed by atoms with van der Waals surface area (Å²) in [4.78, 5) is 22.6. The highest BCUT2D eigenvalue weighted by molar-refractivity contribution is 5.75. The Hall–Kier alpha value is -2.86. The molecule has 0 fully saturated rings. The summed E-state index contributed by atoms with van der Waals surface area (Å²) in [6.07, 6.45) is 0.724. The molecule has 2 aromatic carbocycles. The number of carbonyl (C=O) groups is 2. The highest BCUT2D eigenvalue weighted by Gasteiger charge is 2.14. The third-order valence-electron chi connectivity index (χ3n) is 4.65. The number of aryl methyl sites for hydroxylation is 2. The maximum Gasteiger partial charge on any atom is 0.341 e. The number of ether oxygens (including phenoxy) is 2. The van der Waals surface area contributed by atoms with Crippen LogP contribution in [-0.2, 0) is 16.0 Å². The van der Waals surface area contributed by atoms with Crippen molar-refractivity contribution in [3.05, 3.63) is 58.1 Å². The second kappa shape index (κ2) is 10.1. The van der Waals surface area contributed by atoms with Crippen molar-refractivity contribution in [2.75, 3.05) is 20.2 Å². The molecule has 6 heteroatoms. The van der Waals surface area contributed by atoms with E-state index in [1.165, 1.54) is 5.56 Å². The Bertz CT molecular complexity index is 866. The Balaban J connectivity index is 2.26. The van der Waals surface area contributed by atoms with Gasteiger partial charge in [-0.3, -0.25) is 4.79 Å². The Morgan fingerprint density at radius 3 is 2.31 bits per heavy atom. The summed E-state index contributed by atoms with van der Waals surface area (Å²) in [5.41, 5.74) is 5.36. The first kappa shape index (κ1) is 22.4. The van der Waals surface area contributed by atoms with Crippen molar-refractivity contribution in [1.29, 1.82) is 0 Å². The number of benzene rings is 2. The standard InChI is InChI=1S/C23H29NO5/c1-14(2)19-10-17(6-7-21(19)29-23(27)12-24-5)11-20-15(3)8-18(9-16(20)4)28-13-22(25)26/h6-10,14,24H,11-13H2,1-5H3,(H,25,26). The van der Waals surface area contributed by atoms with Crippen LogP contribution < -0.4 is 14.8 Å². The zero-order valence-corrected chi connectivity index (χ0v) is 17.7. The van der Waals surface area contributed by atoms with E-state index in [2.05, 4.69) is 25.2 Å². The smallest absolute Gasteiger partial charge is 0.341 e. The second-order valence-electron chi connectivity index (χ2n) is 7.43. The monoisotopic (exact) mass is 399 g/mol. The van der Waals surface area contributed by atoms with Gasteiger partial charge in [0, 0.05) is 0 Å². The van der Waals surface area contributed by atoms with Crippen LogP contribution in [0.25, 0.3) is 0 Å². The van der Waals surface area contributed by atoms with Gasteiger partial charge in [0.25, 0.3) is 0 Å². The number of esters is 1. The van der Waals surface area contributed by atoms with Crippen LogP contribution in [0, 0.1) is 13.8 Å². The van der Waals surface area contributed by atoms with Gasteiger partial charge in [-0.25, -0.2) is 4.79 Å². The van der Waals surface area contributed by atoms with E-state index < -0.39 is 5.97 Å². The van der Waals surface area contributed by atoms with Gasteiger partial charge < -0.3 is 19.9 Å². The number of likely N-dealkylation sites (N-methyl/N-ethyl adjacent to an activating group) is 1. The number of carboxylic acid groups (broad SMARTS) is 1. The van der Waals surface area contributed by atoms with Crippen molar-refractivity contribution in [3.63, 3.8) is 0 Å². The zero-order valence-electron chi connectivity index (χ0n) is 17.7. The molecular weight excluding hydrogens is 370 g/mol. The molecule has 0 heterocycles. The van der Waals surface area contributed by atoms with E-state index in [1.54, 1.807) is 7.05 Å². The molecular formula is C23H29NO5. The molecule has 6 nitrogen and oxygen atoms in total. The first-order chi connectivity index (χ1) is 13.7. The number of rotatable bonds is 9. The van der Waals surface area contributed by atoms with Crippen LogP contribution in [-0.4, -0.2) is 37.2 Å². The first-order valence-corrected chi connectivity index (χ1v) is 9.64. The molecule has 0 spiro atoms. The maximum atomic E-state index is 11.8. The second-order valence-corrected chi connectivity index (χ2v) is 7.43. The summed E-state index contributed by atoms with van der Waals surface area (Å²) in [6.45, 7) is 7.93. The highest BCUT2D eigenvalue weighted by Crippen LogP contribution is 2.30. The highest BCUT2D eigenvalue weighted by atomic mass is 16.5. The number of aliphatic carboxylic acids is 1. The van der Waals surface area contributed by atoms with Gasteiger partial charge in [0.2, 0.25) is 0 Å². The fourth-order valence-electron chi connectivity index (χ4n) is 3.22. The van der Waals surface area contributed by atoms with Crippen LogP contribution in [0.1, 0.15) is 47.6 Å². The average Bonchev–Trinajstić information content (AvgIpc) is 2.64. The van der Waals surface area contributed by atoms with Gasteiger partial charge in [-0.2, -0.15) is 0 Å². The molecule has 0 unspecified atom stereocenters. The van der Waals surface area contributed by atoms with E-state index in [0.717, 1.165) is 28.7 Å². The Morgan fingerprint density at radius 2 is 1.76 bits per heavy atom. The van der Waals surface area contributed by atoms with E-state index in [4.69, 9.17) is 14.6 Å². The van der Waals surface area contributed by atoms with Crippen molar-refractivity contribution >= 4 is 11.9 Å². The predicted octanol–water partition coefficient (Wildman–Crippen LogP) is 3.61. The lowest BCUT2D eigenvalue weighted by Crippen LogP contribution is -2.23. The minimum absolute atomic E-state index is 0.161. The summed E-state index contributed by atoms with van der Waals surface area (Å²) >= 11 is 0. The Kier molecular flexibility index (Phi) is 7.79. The number of hydrogen-bond donors (Lipinski definition) is 2. The number of carboxylic acids is 1. The van der Waals surface area contributed by atoms with Gasteiger partial charge >= 0.3 is 11.9 Å². The topological polar surface area (TPSA) is 84.9 Å². The molecule has 156 valence electrons. The van der Waals surface area contributed by atoms with Gasteiger partial charge in [-0.15, -0.1) is 0 Å². The molecule has 0 atom stereocenters. The molecule has 0 saturated carbocycles. The van der Waals surface area contributed by atoms with Gasteiger partial charge in [0.05, 0.1) is 6.54 Å². The normalized spacial score (nSPS) is 10.8. The van der Waals surface area contributed by atoms with Crippen molar-refractivity contribution < 1.29 is 24.2 Å². The number of hydrogen-bond acceptors (Lipinski definition) is 5. The molecule has 2 aromatic rings. The van der Waals surface area contributed by atoms with E-state index in [1.807, 2.05) is 38.1 Å². The van der Waals surface area contributed by atoms with Gasteiger partial charge in [-0.05, 0) is 79.3 Å². The molecule has 29 heavy (non-hydrogen) atoms. The Labute approximate surface area is 171 Å². The molecule has 2 N–H and O–H groups in total. The average molecular weight is 399 g/mol. The minimum Gasteiger partial charge on any atom is -0.482 e. The SMILES string of the molecule is CNCC(=O)Oc1ccc(Cc2c(C)cc(OCC(=O)O)cc2C)cc1C(C)C. The summed E-state index contributed by atoms with van der Waals surface area (Å²) < 4.78 is 10.8. The summed E-state index contributed by atoms with van der Waals surface area (Å²) in [7, 11) is 1.70. The fraction of sp³-hybridized carbons (Fsp3) is 0.391. The van der Waals surface area contributed by atoms with E-state index in [9.17, 15) is 9.59 Å². The lowest BCUT2D eigenvalue weighted by molar-refractivity contribution is -0.139. The molecule has 0 aliphatic rings. The lowest BCUT2D eigenvalue weighted by Gasteiger charge is -2.17. The lowest BCUT2D eigenvalue weighted by atomic mass is 9.93. The van der Waals surface area contributed by atoms with Crippen LogP contribution in [0.3, 0.4) is 0 Å². The van der Waals surface area contributed by atoms with Crippen LogP contribution >= 0.6 is 0 Å². The molecule has 2 rings (SSSR count). The van der Waals surface area contributed by atoms with E-state index >= 15 is 0 Å². The van der Waals surface area contributed by atoms with Gasteiger partial charge in [-0.1, -0.05) is 26.0 Å². The van der Waals surface area contributed by atoms with Crippen molar-refractivity contribution in [1.82, 2.24) is 5.32 Å². The molecule has 0 aliphatic carbocycles. The predicted molar refractivity (Wildman–Crippen MR) is 112 cm³/mol.